The van der Waals surface area contributed by atoms with E-state index in [1.807, 2.05) is 37.4 Å². The molecule has 0 saturated heterocycles. The lowest BCUT2D eigenvalue weighted by Gasteiger charge is -2.15. The molecule has 0 aliphatic carbocycles. The molecule has 3 nitrogen and oxygen atoms in total. The van der Waals surface area contributed by atoms with Crippen LogP contribution in [-0.4, -0.2) is 11.9 Å². The highest BCUT2D eigenvalue weighted by atomic mass is 35.5. The van der Waals surface area contributed by atoms with Crippen LogP contribution in [0.5, 0.6) is 0 Å². The molecule has 0 aliphatic heterocycles. The van der Waals surface area contributed by atoms with Crippen LogP contribution in [0.2, 0.25) is 5.02 Å². The Kier molecular flexibility index (Phi) is 3.71. The second kappa shape index (κ2) is 5.25. The maximum Gasteiger partial charge on any atom is 0.117 e. The van der Waals surface area contributed by atoms with Gasteiger partial charge in [0.1, 0.15) is 5.76 Å². The summed E-state index contributed by atoms with van der Waals surface area (Å²) in [6, 6.07) is 9.57. The topological polar surface area (TPSA) is 42.4 Å². The molecule has 0 unspecified atom stereocenters. The highest BCUT2D eigenvalue weighted by Gasteiger charge is 2.05. The van der Waals surface area contributed by atoms with E-state index in [2.05, 4.69) is 4.90 Å². The smallest absolute Gasteiger partial charge is 0.117 e. The first-order valence-corrected chi connectivity index (χ1v) is 5.78. The van der Waals surface area contributed by atoms with Crippen molar-refractivity contribution in [1.82, 2.24) is 4.90 Å². The number of anilines is 1. The van der Waals surface area contributed by atoms with Crippen molar-refractivity contribution in [1.29, 1.82) is 0 Å². The Morgan fingerprint density at radius 3 is 2.76 bits per heavy atom. The molecule has 0 atom stereocenters. The third-order valence-electron chi connectivity index (χ3n) is 2.52. The van der Waals surface area contributed by atoms with Gasteiger partial charge in [0.2, 0.25) is 0 Å². The van der Waals surface area contributed by atoms with E-state index in [9.17, 15) is 0 Å². The summed E-state index contributed by atoms with van der Waals surface area (Å²) in [5.41, 5.74) is 7.42. The summed E-state index contributed by atoms with van der Waals surface area (Å²) in [4.78, 5) is 2.15. The van der Waals surface area contributed by atoms with E-state index in [0.717, 1.165) is 24.4 Å². The normalized spacial score (nSPS) is 11.0. The van der Waals surface area contributed by atoms with Gasteiger partial charge in [0, 0.05) is 6.54 Å². The number of rotatable bonds is 4. The van der Waals surface area contributed by atoms with Gasteiger partial charge in [-0.05, 0) is 36.9 Å². The van der Waals surface area contributed by atoms with Crippen molar-refractivity contribution in [2.45, 2.75) is 13.1 Å². The third kappa shape index (κ3) is 3.25. The van der Waals surface area contributed by atoms with Gasteiger partial charge in [0.15, 0.2) is 0 Å². The molecular weight excluding hydrogens is 236 g/mol. The molecule has 4 heteroatoms. The van der Waals surface area contributed by atoms with Crippen LogP contribution in [0.25, 0.3) is 0 Å². The van der Waals surface area contributed by atoms with Crippen molar-refractivity contribution >= 4 is 17.3 Å². The number of furan rings is 1. The fraction of sp³-hybridized carbons (Fsp3) is 0.231. The first kappa shape index (κ1) is 12.0. The molecule has 17 heavy (non-hydrogen) atoms. The maximum atomic E-state index is 5.98. The zero-order chi connectivity index (χ0) is 12.3. The van der Waals surface area contributed by atoms with Crippen molar-refractivity contribution in [3.05, 3.63) is 52.9 Å². The lowest BCUT2D eigenvalue weighted by atomic mass is 10.2. The number of benzene rings is 1. The second-order valence-electron chi connectivity index (χ2n) is 4.11. The predicted octanol–water partition coefficient (Wildman–Crippen LogP) is 3.15. The van der Waals surface area contributed by atoms with Gasteiger partial charge in [-0.3, -0.25) is 4.90 Å². The summed E-state index contributed by atoms with van der Waals surface area (Å²) in [6.45, 7) is 1.58. The number of hydrogen-bond donors (Lipinski definition) is 1. The number of nitrogen functional groups attached to an aromatic ring is 1. The standard InChI is InChI=1S/C13H15ClN2O/c1-16(9-11-3-2-6-17-11)8-10-4-5-13(15)12(14)7-10/h2-7H,8-9,15H2,1H3. The second-order valence-corrected chi connectivity index (χ2v) is 4.51. The van der Waals surface area contributed by atoms with Gasteiger partial charge in [-0.2, -0.15) is 0 Å². The first-order chi connectivity index (χ1) is 8.15. The lowest BCUT2D eigenvalue weighted by Crippen LogP contribution is -2.16. The van der Waals surface area contributed by atoms with E-state index in [1.54, 1.807) is 6.26 Å². The van der Waals surface area contributed by atoms with Crippen molar-refractivity contribution in [2.24, 2.45) is 0 Å². The first-order valence-electron chi connectivity index (χ1n) is 5.40. The Hall–Kier alpha value is -1.45. The Labute approximate surface area is 106 Å². The Bertz CT molecular complexity index is 482. The van der Waals surface area contributed by atoms with E-state index in [4.69, 9.17) is 21.8 Å². The average molecular weight is 251 g/mol. The summed E-state index contributed by atoms with van der Waals surface area (Å²) in [6.07, 6.45) is 1.68. The molecule has 0 aliphatic rings. The van der Waals surface area contributed by atoms with Crippen LogP contribution in [0, 0.1) is 0 Å². The zero-order valence-corrected chi connectivity index (χ0v) is 10.4. The molecule has 2 rings (SSSR count). The van der Waals surface area contributed by atoms with Gasteiger partial charge in [-0.1, -0.05) is 17.7 Å². The van der Waals surface area contributed by atoms with Gasteiger partial charge < -0.3 is 10.2 Å². The van der Waals surface area contributed by atoms with Crippen molar-refractivity contribution in [2.75, 3.05) is 12.8 Å². The van der Waals surface area contributed by atoms with Crippen LogP contribution in [0.1, 0.15) is 11.3 Å². The van der Waals surface area contributed by atoms with Crippen LogP contribution in [-0.2, 0) is 13.1 Å². The fourth-order valence-electron chi connectivity index (χ4n) is 1.71. The van der Waals surface area contributed by atoms with Crippen LogP contribution in [0.4, 0.5) is 5.69 Å². The zero-order valence-electron chi connectivity index (χ0n) is 9.69. The van der Waals surface area contributed by atoms with Crippen molar-refractivity contribution in [3.63, 3.8) is 0 Å². The molecule has 1 aromatic carbocycles. The Morgan fingerprint density at radius 2 is 2.12 bits per heavy atom. The van der Waals surface area contributed by atoms with Gasteiger partial charge >= 0.3 is 0 Å². The molecule has 0 fully saturated rings. The van der Waals surface area contributed by atoms with Crippen LogP contribution >= 0.6 is 11.6 Å². The molecule has 0 bridgehead atoms. The maximum absolute atomic E-state index is 5.98. The summed E-state index contributed by atoms with van der Waals surface area (Å²) < 4.78 is 5.30. The molecule has 1 aromatic heterocycles. The third-order valence-corrected chi connectivity index (χ3v) is 2.85. The highest BCUT2D eigenvalue weighted by molar-refractivity contribution is 6.33. The largest absolute Gasteiger partial charge is 0.468 e. The number of halogens is 1. The quantitative estimate of drug-likeness (QED) is 0.848. The summed E-state index contributed by atoms with van der Waals surface area (Å²) in [5.74, 6) is 0.953. The lowest BCUT2D eigenvalue weighted by molar-refractivity contribution is 0.288. The van der Waals surface area contributed by atoms with Crippen molar-refractivity contribution < 1.29 is 4.42 Å². The van der Waals surface area contributed by atoms with E-state index in [0.29, 0.717) is 10.7 Å². The number of nitrogens with zero attached hydrogens (tertiary/aromatic N) is 1. The number of nitrogens with two attached hydrogens (primary N) is 1. The van der Waals surface area contributed by atoms with Gasteiger partial charge in [-0.15, -0.1) is 0 Å². The molecule has 0 radical (unpaired) electrons. The minimum absolute atomic E-state index is 0.605. The molecule has 0 saturated carbocycles. The molecule has 2 N–H and O–H groups in total. The summed E-state index contributed by atoms with van der Waals surface area (Å²) >= 11 is 5.98. The molecular formula is C13H15ClN2O. The molecule has 2 aromatic rings. The minimum atomic E-state index is 0.605. The van der Waals surface area contributed by atoms with Crippen LogP contribution < -0.4 is 5.73 Å². The molecule has 1 heterocycles. The fourth-order valence-corrected chi connectivity index (χ4v) is 1.91. The van der Waals surface area contributed by atoms with E-state index >= 15 is 0 Å². The van der Waals surface area contributed by atoms with Gasteiger partial charge in [0.05, 0.1) is 23.5 Å². The van der Waals surface area contributed by atoms with E-state index in [-0.39, 0.29) is 0 Å². The minimum Gasteiger partial charge on any atom is -0.468 e. The molecule has 90 valence electrons. The summed E-state index contributed by atoms with van der Waals surface area (Å²) in [7, 11) is 2.03. The van der Waals surface area contributed by atoms with Gasteiger partial charge in [-0.25, -0.2) is 0 Å². The molecule has 0 spiro atoms. The van der Waals surface area contributed by atoms with Crippen molar-refractivity contribution in [3.8, 4) is 0 Å². The Balaban J connectivity index is 1.98. The predicted molar refractivity (Wildman–Crippen MR) is 69.7 cm³/mol. The summed E-state index contributed by atoms with van der Waals surface area (Å²) in [5, 5.41) is 0.605. The SMILES string of the molecule is CN(Cc1ccc(N)c(Cl)c1)Cc1ccco1. The number of hydrogen-bond acceptors (Lipinski definition) is 3. The average Bonchev–Trinajstić information content (AvgIpc) is 2.76. The monoisotopic (exact) mass is 250 g/mol. The van der Waals surface area contributed by atoms with E-state index in [1.165, 1.54) is 0 Å². The van der Waals surface area contributed by atoms with Crippen LogP contribution in [0.15, 0.2) is 41.0 Å². The van der Waals surface area contributed by atoms with Gasteiger partial charge in [0.25, 0.3) is 0 Å². The van der Waals surface area contributed by atoms with Crippen LogP contribution in [0.3, 0.4) is 0 Å². The van der Waals surface area contributed by atoms with E-state index < -0.39 is 0 Å². The molecule has 0 amide bonds. The Morgan fingerprint density at radius 1 is 1.29 bits per heavy atom. The highest BCUT2D eigenvalue weighted by Crippen LogP contribution is 2.20.